The van der Waals surface area contributed by atoms with Gasteiger partial charge in [-0.3, -0.25) is 24.2 Å². The van der Waals surface area contributed by atoms with Crippen LogP contribution in [0.1, 0.15) is 43.9 Å². The highest BCUT2D eigenvalue weighted by molar-refractivity contribution is 5.94. The summed E-state index contributed by atoms with van der Waals surface area (Å²) in [6, 6.07) is 13.6. The lowest BCUT2D eigenvalue weighted by Gasteiger charge is -2.38. The van der Waals surface area contributed by atoms with Crippen LogP contribution >= 0.6 is 0 Å². The summed E-state index contributed by atoms with van der Waals surface area (Å²) in [7, 11) is 0. The quantitative estimate of drug-likeness (QED) is 0.161. The second-order valence-electron chi connectivity index (χ2n) is 12.6. The van der Waals surface area contributed by atoms with Gasteiger partial charge in [-0.25, -0.2) is 8.78 Å². The van der Waals surface area contributed by atoms with Crippen molar-refractivity contribution in [2.24, 2.45) is 0 Å². The molecule has 19 heteroatoms. The number of hydrogen-bond donors (Lipinski definition) is 2. The van der Waals surface area contributed by atoms with Gasteiger partial charge in [0.1, 0.15) is 17.4 Å². The number of carbonyl (C=O) groups is 3. The number of rotatable bonds is 12. The lowest BCUT2D eigenvalue weighted by Crippen LogP contribution is -2.51. The Kier molecular flexibility index (Phi) is 10.7. The molecule has 4 aromatic rings. The molecule has 2 aliphatic heterocycles. The topological polar surface area (TPSA) is 208 Å². The van der Waals surface area contributed by atoms with Crippen molar-refractivity contribution in [1.82, 2.24) is 40.0 Å². The molecular formula is C33H34F2N10O7. The van der Waals surface area contributed by atoms with E-state index < -0.39 is 56.8 Å². The molecule has 2 aliphatic rings. The zero-order valence-electron chi connectivity index (χ0n) is 27.7. The first-order chi connectivity index (χ1) is 25.0. The second-order valence-corrected chi connectivity index (χ2v) is 12.6. The Labute approximate surface area is 294 Å². The van der Waals surface area contributed by atoms with Gasteiger partial charge >= 0.3 is 11.6 Å². The molecule has 2 aromatic heterocycles. The van der Waals surface area contributed by atoms with Gasteiger partial charge in [-0.1, -0.05) is 34.5 Å². The fourth-order valence-corrected chi connectivity index (χ4v) is 6.49. The molecule has 2 fully saturated rings. The molecule has 2 atom stereocenters. The van der Waals surface area contributed by atoms with E-state index in [9.17, 15) is 43.4 Å². The summed E-state index contributed by atoms with van der Waals surface area (Å²) < 4.78 is 28.1. The van der Waals surface area contributed by atoms with Crippen molar-refractivity contribution < 1.29 is 33.0 Å². The van der Waals surface area contributed by atoms with Gasteiger partial charge in [0.15, 0.2) is 11.4 Å². The van der Waals surface area contributed by atoms with Gasteiger partial charge in [0, 0.05) is 65.4 Å². The predicted octanol–water partition coefficient (Wildman–Crippen LogP) is 2.58. The Balaban J connectivity index is 1.16. The number of Topliss-reactive ketones (excluding diaryl/α,β-unsaturated/α-hetero) is 1. The van der Waals surface area contributed by atoms with Gasteiger partial charge < -0.3 is 30.0 Å². The summed E-state index contributed by atoms with van der Waals surface area (Å²) in [6.07, 6.45) is 0. The number of amides is 2. The van der Waals surface area contributed by atoms with Crippen molar-refractivity contribution in [3.63, 3.8) is 0 Å². The van der Waals surface area contributed by atoms with Crippen LogP contribution in [0, 0.1) is 31.9 Å². The minimum Gasteiger partial charge on any atom is -0.358 e. The van der Waals surface area contributed by atoms with Gasteiger partial charge in [0.05, 0.1) is 24.0 Å². The number of H-pyrrole nitrogens is 2. The normalized spacial score (nSPS) is 16.7. The van der Waals surface area contributed by atoms with E-state index in [1.54, 1.807) is 24.3 Å². The van der Waals surface area contributed by atoms with Gasteiger partial charge in [0.2, 0.25) is 0 Å². The highest BCUT2D eigenvalue weighted by Gasteiger charge is 2.35. The lowest BCUT2D eigenvalue weighted by atomic mass is 9.82. The molecule has 17 nitrogen and oxygen atoms in total. The largest absolute Gasteiger partial charge is 0.358 e. The average Bonchev–Trinajstić information content (AvgIpc) is 3.85. The Morgan fingerprint density at radius 1 is 0.635 bits per heavy atom. The van der Waals surface area contributed by atoms with Crippen LogP contribution in [-0.4, -0.2) is 133 Å². The summed E-state index contributed by atoms with van der Waals surface area (Å²) in [5.74, 6) is -4.27. The Bertz CT molecular complexity index is 1800. The highest BCUT2D eigenvalue weighted by Crippen LogP contribution is 2.30. The third-order valence-electron chi connectivity index (χ3n) is 9.39. The number of hydrogen-bond acceptors (Lipinski definition) is 11. The number of aromatic nitrogens is 4. The molecule has 0 saturated carbocycles. The first-order valence-electron chi connectivity index (χ1n) is 16.4. The molecule has 2 aromatic carbocycles. The summed E-state index contributed by atoms with van der Waals surface area (Å²) in [6.45, 7) is 3.16. The minimum absolute atomic E-state index is 0.0723. The number of nitrogens with zero attached hydrogens (tertiary/aromatic N) is 8. The van der Waals surface area contributed by atoms with Crippen molar-refractivity contribution >= 4 is 29.2 Å². The fourth-order valence-electron chi connectivity index (χ4n) is 6.49. The van der Waals surface area contributed by atoms with E-state index in [0.29, 0.717) is 37.3 Å². The zero-order chi connectivity index (χ0) is 36.9. The van der Waals surface area contributed by atoms with Crippen LogP contribution in [0.5, 0.6) is 0 Å². The summed E-state index contributed by atoms with van der Waals surface area (Å²) in [5, 5.41) is 34.0. The molecule has 52 heavy (non-hydrogen) atoms. The average molecular weight is 721 g/mol. The number of nitrogens with one attached hydrogen (secondary N) is 2. The standard InChI is InChI=1S/C33H34F2N10O7/c34-23-5-1-21(2-6-23)25(19-40-9-13-42(14-10-40)32(47)27-17-29(38-36-27)44(49)50)31(46)26(22-3-7-24(35)8-4-22)20-41-11-15-43(16-12-41)33(48)28-18-30(39-37-28)45(51)52/h1-8,17-18,25-26H,9-16,19-20H2,(H,36,38)(H,37,39). The van der Waals surface area contributed by atoms with E-state index in [-0.39, 0.29) is 56.4 Å². The van der Waals surface area contributed by atoms with Gasteiger partial charge in [-0.15, -0.1) is 10.2 Å². The van der Waals surface area contributed by atoms with Crippen LogP contribution in [0.15, 0.2) is 60.7 Å². The molecule has 6 rings (SSSR count). The van der Waals surface area contributed by atoms with Crippen molar-refractivity contribution in [3.05, 3.63) is 115 Å². The lowest BCUT2D eigenvalue weighted by molar-refractivity contribution is -0.389. The molecule has 0 bridgehead atoms. The second kappa shape index (κ2) is 15.5. The number of ketones is 1. The summed E-state index contributed by atoms with van der Waals surface area (Å²) in [4.78, 5) is 68.4. The van der Waals surface area contributed by atoms with Crippen LogP contribution in [0.2, 0.25) is 0 Å². The molecule has 4 heterocycles. The van der Waals surface area contributed by atoms with Gasteiger partial charge in [-0.05, 0) is 45.2 Å². The number of halogens is 2. The van der Waals surface area contributed by atoms with E-state index in [2.05, 4.69) is 20.4 Å². The number of nitro groups is 2. The van der Waals surface area contributed by atoms with Crippen LogP contribution in [-0.2, 0) is 4.79 Å². The van der Waals surface area contributed by atoms with Crippen LogP contribution < -0.4 is 0 Å². The van der Waals surface area contributed by atoms with Gasteiger partial charge in [0.25, 0.3) is 11.8 Å². The number of piperazine rings is 2. The first kappa shape index (κ1) is 35.9. The summed E-state index contributed by atoms with van der Waals surface area (Å²) >= 11 is 0. The molecule has 2 saturated heterocycles. The smallest absolute Gasteiger partial charge is 0.343 e. The van der Waals surface area contributed by atoms with E-state index in [4.69, 9.17) is 0 Å². The third-order valence-corrected chi connectivity index (χ3v) is 9.39. The Hall–Kier alpha value is -5.95. The summed E-state index contributed by atoms with van der Waals surface area (Å²) in [5.41, 5.74) is 1.03. The molecule has 0 radical (unpaired) electrons. The molecule has 0 aliphatic carbocycles. The highest BCUT2D eigenvalue weighted by atomic mass is 19.1. The first-order valence-corrected chi connectivity index (χ1v) is 16.4. The van der Waals surface area contributed by atoms with Crippen LogP contribution in [0.3, 0.4) is 0 Å². The van der Waals surface area contributed by atoms with Crippen molar-refractivity contribution in [1.29, 1.82) is 0 Å². The zero-order valence-corrected chi connectivity index (χ0v) is 27.7. The maximum atomic E-state index is 14.7. The molecule has 2 unspecified atom stereocenters. The minimum atomic E-state index is -0.731. The third kappa shape index (κ3) is 8.16. The molecular weight excluding hydrogens is 686 g/mol. The SMILES string of the molecule is O=C(C(CN1CCN(C(=O)c2cc([N+](=O)[O-])[nH]n2)CC1)c1ccc(F)cc1)C(CN1CCN(C(=O)c2cc([N+](=O)[O-])[nH]n2)CC1)c1ccc(F)cc1. The maximum Gasteiger partial charge on any atom is 0.343 e. The molecule has 2 amide bonds. The van der Waals surface area contributed by atoms with E-state index >= 15 is 0 Å². The number of carbonyl (C=O) groups excluding carboxylic acids is 3. The van der Waals surface area contributed by atoms with Crippen molar-refractivity contribution in [2.45, 2.75) is 11.8 Å². The van der Waals surface area contributed by atoms with E-state index in [1.807, 2.05) is 9.80 Å². The number of benzene rings is 2. The molecule has 2 N–H and O–H groups in total. The van der Waals surface area contributed by atoms with Gasteiger partial charge in [-0.2, -0.15) is 0 Å². The maximum absolute atomic E-state index is 14.7. The molecule has 0 spiro atoms. The van der Waals surface area contributed by atoms with E-state index in [1.165, 1.54) is 34.1 Å². The Morgan fingerprint density at radius 3 is 1.29 bits per heavy atom. The fraction of sp³-hybridized carbons (Fsp3) is 0.364. The predicted molar refractivity (Wildman–Crippen MR) is 178 cm³/mol. The Morgan fingerprint density at radius 2 is 0.981 bits per heavy atom. The van der Waals surface area contributed by atoms with Crippen molar-refractivity contribution in [2.75, 3.05) is 65.4 Å². The van der Waals surface area contributed by atoms with Crippen LogP contribution in [0.25, 0.3) is 0 Å². The monoisotopic (exact) mass is 720 g/mol. The number of aromatic amines is 2. The molecule has 272 valence electrons. The van der Waals surface area contributed by atoms with E-state index in [0.717, 1.165) is 12.1 Å². The van der Waals surface area contributed by atoms with Crippen molar-refractivity contribution in [3.8, 4) is 0 Å². The van der Waals surface area contributed by atoms with Crippen LogP contribution in [0.4, 0.5) is 20.4 Å².